The number of nitrogens with one attached hydrogen (secondary N) is 1. The fourth-order valence-electron chi connectivity index (χ4n) is 2.44. The lowest BCUT2D eigenvalue weighted by Gasteiger charge is -2.16. The summed E-state index contributed by atoms with van der Waals surface area (Å²) >= 11 is 5.88. The van der Waals surface area contributed by atoms with Gasteiger partial charge in [0, 0.05) is 18.2 Å². The maximum atomic E-state index is 9.81. The van der Waals surface area contributed by atoms with Crippen LogP contribution in [0.1, 0.15) is 44.1 Å². The summed E-state index contributed by atoms with van der Waals surface area (Å²) in [5, 5.41) is 13.8. The average molecular weight is 254 g/mol. The fraction of sp³-hybridized carbons (Fsp3) is 0.571. The predicted octanol–water partition coefficient (Wildman–Crippen LogP) is 3.86. The van der Waals surface area contributed by atoms with Gasteiger partial charge in [-0.05, 0) is 18.9 Å². The molecule has 0 bridgehead atoms. The van der Waals surface area contributed by atoms with Crippen LogP contribution in [-0.4, -0.2) is 11.1 Å². The fourth-order valence-corrected chi connectivity index (χ4v) is 2.63. The van der Waals surface area contributed by atoms with Crippen LogP contribution < -0.4 is 5.32 Å². The zero-order valence-corrected chi connectivity index (χ0v) is 10.8. The van der Waals surface area contributed by atoms with Crippen molar-refractivity contribution in [2.75, 3.05) is 0 Å². The van der Waals surface area contributed by atoms with E-state index in [4.69, 9.17) is 11.6 Å². The molecule has 2 rings (SSSR count). The number of hydrogen-bond donors (Lipinski definition) is 2. The van der Waals surface area contributed by atoms with Gasteiger partial charge in [-0.3, -0.25) is 0 Å². The third-order valence-electron chi connectivity index (χ3n) is 3.51. The third-order valence-corrected chi connectivity index (χ3v) is 3.81. The van der Waals surface area contributed by atoms with Crippen molar-refractivity contribution < 1.29 is 5.11 Å². The number of aromatic hydroxyl groups is 1. The van der Waals surface area contributed by atoms with E-state index in [0.29, 0.717) is 17.6 Å². The first-order valence-corrected chi connectivity index (χ1v) is 6.85. The number of benzene rings is 1. The normalized spacial score (nSPS) is 17.9. The molecule has 2 N–H and O–H groups in total. The number of halogens is 1. The van der Waals surface area contributed by atoms with Gasteiger partial charge in [-0.1, -0.05) is 49.4 Å². The van der Waals surface area contributed by atoms with E-state index in [1.54, 1.807) is 6.07 Å². The molecule has 1 fully saturated rings. The Kier molecular flexibility index (Phi) is 4.69. The summed E-state index contributed by atoms with van der Waals surface area (Å²) in [5.41, 5.74) is 0.891. The second-order valence-electron chi connectivity index (χ2n) is 4.82. The van der Waals surface area contributed by atoms with Crippen LogP contribution in [0.3, 0.4) is 0 Å². The Hall–Kier alpha value is -0.730. The molecule has 17 heavy (non-hydrogen) atoms. The lowest BCUT2D eigenvalue weighted by molar-refractivity contribution is 0.437. The third kappa shape index (κ3) is 3.62. The Morgan fingerprint density at radius 2 is 1.88 bits per heavy atom. The molecule has 0 aromatic heterocycles. The van der Waals surface area contributed by atoms with Crippen molar-refractivity contribution >= 4 is 11.6 Å². The van der Waals surface area contributed by atoms with Gasteiger partial charge in [-0.25, -0.2) is 0 Å². The van der Waals surface area contributed by atoms with Crippen LogP contribution in [-0.2, 0) is 6.54 Å². The Balaban J connectivity index is 1.90. The minimum Gasteiger partial charge on any atom is -0.506 e. The van der Waals surface area contributed by atoms with Crippen molar-refractivity contribution in [1.29, 1.82) is 0 Å². The highest BCUT2D eigenvalue weighted by molar-refractivity contribution is 6.32. The van der Waals surface area contributed by atoms with E-state index >= 15 is 0 Å². The molecule has 1 aliphatic carbocycles. The van der Waals surface area contributed by atoms with Gasteiger partial charge in [-0.2, -0.15) is 0 Å². The molecule has 0 aliphatic heterocycles. The SMILES string of the molecule is Oc1c(Cl)cccc1CNC1CCCCCC1. The summed E-state index contributed by atoms with van der Waals surface area (Å²) in [5.74, 6) is 0.218. The highest BCUT2D eigenvalue weighted by atomic mass is 35.5. The van der Waals surface area contributed by atoms with Crippen LogP contribution in [0.4, 0.5) is 0 Å². The monoisotopic (exact) mass is 253 g/mol. The molecule has 2 nitrogen and oxygen atoms in total. The molecule has 0 amide bonds. The largest absolute Gasteiger partial charge is 0.506 e. The van der Waals surface area contributed by atoms with Crippen molar-refractivity contribution in [1.82, 2.24) is 5.32 Å². The van der Waals surface area contributed by atoms with Crippen LogP contribution in [0.5, 0.6) is 5.75 Å². The van der Waals surface area contributed by atoms with Crippen LogP contribution >= 0.6 is 11.6 Å². The molecule has 3 heteroatoms. The van der Waals surface area contributed by atoms with Crippen LogP contribution in [0.2, 0.25) is 5.02 Å². The lowest BCUT2D eigenvalue weighted by atomic mass is 10.1. The highest BCUT2D eigenvalue weighted by Crippen LogP contribution is 2.27. The van der Waals surface area contributed by atoms with Crippen LogP contribution in [0.25, 0.3) is 0 Å². The first-order chi connectivity index (χ1) is 8.27. The van der Waals surface area contributed by atoms with E-state index in [1.165, 1.54) is 38.5 Å². The van der Waals surface area contributed by atoms with Crippen molar-refractivity contribution in [2.45, 2.75) is 51.1 Å². The van der Waals surface area contributed by atoms with E-state index in [1.807, 2.05) is 12.1 Å². The topological polar surface area (TPSA) is 32.3 Å². The number of para-hydroxylation sites is 1. The summed E-state index contributed by atoms with van der Waals surface area (Å²) in [6.45, 7) is 0.705. The molecule has 0 saturated heterocycles. The molecule has 0 heterocycles. The van der Waals surface area contributed by atoms with E-state index in [2.05, 4.69) is 5.32 Å². The van der Waals surface area contributed by atoms with Gasteiger partial charge in [-0.15, -0.1) is 0 Å². The van der Waals surface area contributed by atoms with Crippen molar-refractivity contribution in [3.05, 3.63) is 28.8 Å². The second kappa shape index (κ2) is 6.27. The van der Waals surface area contributed by atoms with Crippen LogP contribution in [0, 0.1) is 0 Å². The number of rotatable bonds is 3. The van der Waals surface area contributed by atoms with Crippen LogP contribution in [0.15, 0.2) is 18.2 Å². The van der Waals surface area contributed by atoms with Gasteiger partial charge < -0.3 is 10.4 Å². The molecule has 94 valence electrons. The Morgan fingerprint density at radius 3 is 2.59 bits per heavy atom. The molecular formula is C14H20ClNO. The van der Waals surface area contributed by atoms with E-state index in [0.717, 1.165) is 5.56 Å². The second-order valence-corrected chi connectivity index (χ2v) is 5.22. The van der Waals surface area contributed by atoms with E-state index in [-0.39, 0.29) is 5.75 Å². The van der Waals surface area contributed by atoms with Gasteiger partial charge in [0.05, 0.1) is 5.02 Å². The number of phenols is 1. The Bertz CT molecular complexity index is 359. The Morgan fingerprint density at radius 1 is 1.18 bits per heavy atom. The molecule has 1 aromatic rings. The van der Waals surface area contributed by atoms with Gasteiger partial charge in [0.1, 0.15) is 5.75 Å². The van der Waals surface area contributed by atoms with Gasteiger partial charge in [0.2, 0.25) is 0 Å². The molecule has 0 unspecified atom stereocenters. The minimum absolute atomic E-state index is 0.218. The minimum atomic E-state index is 0.218. The first kappa shape index (κ1) is 12.7. The van der Waals surface area contributed by atoms with Gasteiger partial charge >= 0.3 is 0 Å². The molecule has 1 saturated carbocycles. The summed E-state index contributed by atoms with van der Waals surface area (Å²) in [7, 11) is 0. The van der Waals surface area contributed by atoms with E-state index in [9.17, 15) is 5.11 Å². The lowest BCUT2D eigenvalue weighted by Crippen LogP contribution is -2.27. The molecule has 0 spiro atoms. The molecule has 1 aromatic carbocycles. The zero-order valence-electron chi connectivity index (χ0n) is 10.1. The van der Waals surface area contributed by atoms with Crippen molar-refractivity contribution in [2.24, 2.45) is 0 Å². The maximum Gasteiger partial charge on any atom is 0.138 e. The van der Waals surface area contributed by atoms with Gasteiger partial charge in [0.25, 0.3) is 0 Å². The molecular weight excluding hydrogens is 234 g/mol. The average Bonchev–Trinajstić information content (AvgIpc) is 2.59. The Labute approximate surface area is 108 Å². The highest BCUT2D eigenvalue weighted by Gasteiger charge is 2.12. The molecule has 0 atom stereocenters. The first-order valence-electron chi connectivity index (χ1n) is 6.47. The summed E-state index contributed by atoms with van der Waals surface area (Å²) in [4.78, 5) is 0. The van der Waals surface area contributed by atoms with Gasteiger partial charge in [0.15, 0.2) is 0 Å². The summed E-state index contributed by atoms with van der Waals surface area (Å²) in [6, 6.07) is 6.11. The summed E-state index contributed by atoms with van der Waals surface area (Å²) < 4.78 is 0. The zero-order chi connectivity index (χ0) is 12.1. The molecule has 0 radical (unpaired) electrons. The smallest absolute Gasteiger partial charge is 0.138 e. The number of hydrogen-bond acceptors (Lipinski definition) is 2. The molecule has 1 aliphatic rings. The van der Waals surface area contributed by atoms with Crippen molar-refractivity contribution in [3.8, 4) is 5.75 Å². The van der Waals surface area contributed by atoms with Crippen molar-refractivity contribution in [3.63, 3.8) is 0 Å². The summed E-state index contributed by atoms with van der Waals surface area (Å²) in [6.07, 6.45) is 7.86. The number of phenolic OH excluding ortho intramolecular Hbond substituents is 1. The standard InChI is InChI=1S/C14H20ClNO/c15-13-9-5-6-11(14(13)17)10-16-12-7-3-1-2-4-8-12/h5-6,9,12,16-17H,1-4,7-8,10H2. The maximum absolute atomic E-state index is 9.81. The quantitative estimate of drug-likeness (QED) is 0.802. The predicted molar refractivity (Wildman–Crippen MR) is 71.4 cm³/mol. The van der Waals surface area contributed by atoms with E-state index < -0.39 is 0 Å².